The van der Waals surface area contributed by atoms with Gasteiger partial charge in [0.25, 0.3) is 5.88 Å². The summed E-state index contributed by atoms with van der Waals surface area (Å²) in [5.41, 5.74) is 1.93. The van der Waals surface area contributed by atoms with E-state index in [1.54, 1.807) is 47.4 Å². The van der Waals surface area contributed by atoms with Gasteiger partial charge in [0.2, 0.25) is 0 Å². The van der Waals surface area contributed by atoms with E-state index in [1.807, 2.05) is 0 Å². The molecular weight excluding hydrogens is 494 g/mol. The molecule has 0 aromatic carbocycles. The molecule has 3 aromatic heterocycles. The number of hydrogen-bond donors (Lipinski definition) is 1. The van der Waals surface area contributed by atoms with Crippen molar-refractivity contribution in [2.45, 2.75) is 51.1 Å². The molecule has 8 nitrogen and oxygen atoms in total. The zero-order chi connectivity index (χ0) is 26.7. The van der Waals surface area contributed by atoms with Crippen molar-refractivity contribution in [2.24, 2.45) is 0 Å². The zero-order valence-corrected chi connectivity index (χ0v) is 19.6. The highest BCUT2D eigenvalue weighted by atomic mass is 19.4. The van der Waals surface area contributed by atoms with Crippen LogP contribution in [0, 0.1) is 0 Å². The molecule has 0 radical (unpaired) electrons. The number of imidazole rings is 1. The van der Waals surface area contributed by atoms with E-state index in [-0.39, 0.29) is 12.4 Å². The van der Waals surface area contributed by atoms with E-state index < -0.39 is 43.3 Å². The molecule has 2 amide bonds. The highest BCUT2D eigenvalue weighted by Gasteiger charge is 2.43. The van der Waals surface area contributed by atoms with Crippen LogP contribution >= 0.6 is 0 Å². The van der Waals surface area contributed by atoms with Crippen LogP contribution in [0.3, 0.4) is 0 Å². The fourth-order valence-corrected chi connectivity index (χ4v) is 3.63. The molecular formula is C22H24F6N6O2. The van der Waals surface area contributed by atoms with Gasteiger partial charge in [0.1, 0.15) is 6.04 Å². The molecule has 0 saturated heterocycles. The van der Waals surface area contributed by atoms with Crippen LogP contribution in [0.25, 0.3) is 16.9 Å². The van der Waals surface area contributed by atoms with Gasteiger partial charge in [-0.05, 0) is 32.4 Å². The fourth-order valence-electron chi connectivity index (χ4n) is 3.63. The molecule has 36 heavy (non-hydrogen) atoms. The van der Waals surface area contributed by atoms with Crippen molar-refractivity contribution in [3.63, 3.8) is 0 Å². The number of pyridine rings is 1. The molecule has 3 rings (SSSR count). The number of hydrogen-bond acceptors (Lipinski definition) is 5. The van der Waals surface area contributed by atoms with E-state index in [4.69, 9.17) is 4.74 Å². The maximum Gasteiger partial charge on any atom is 0.408 e. The van der Waals surface area contributed by atoms with Gasteiger partial charge in [0, 0.05) is 43.3 Å². The third-order valence-electron chi connectivity index (χ3n) is 5.52. The van der Waals surface area contributed by atoms with Gasteiger partial charge in [-0.15, -0.1) is 0 Å². The highest BCUT2D eigenvalue weighted by molar-refractivity contribution is 5.75. The maximum atomic E-state index is 13.3. The number of rotatable bonds is 8. The van der Waals surface area contributed by atoms with Gasteiger partial charge in [-0.3, -0.25) is 4.98 Å². The topological polar surface area (TPSA) is 84.7 Å². The van der Waals surface area contributed by atoms with Crippen molar-refractivity contribution in [1.82, 2.24) is 29.6 Å². The molecule has 196 valence electrons. The van der Waals surface area contributed by atoms with Gasteiger partial charge in [-0.25, -0.2) is 14.8 Å². The third kappa shape index (κ3) is 6.34. The van der Waals surface area contributed by atoms with Crippen molar-refractivity contribution in [1.29, 1.82) is 0 Å². The summed E-state index contributed by atoms with van der Waals surface area (Å²) in [4.78, 5) is 26.6. The first-order chi connectivity index (χ1) is 16.8. The van der Waals surface area contributed by atoms with Gasteiger partial charge in [0.05, 0.1) is 24.5 Å². The first kappa shape index (κ1) is 27.0. The summed E-state index contributed by atoms with van der Waals surface area (Å²) < 4.78 is 84.4. The lowest BCUT2D eigenvalue weighted by Crippen LogP contribution is -2.51. The van der Waals surface area contributed by atoms with Gasteiger partial charge in [0.15, 0.2) is 5.65 Å². The normalized spacial score (nSPS) is 13.9. The van der Waals surface area contributed by atoms with Crippen LogP contribution in [0.5, 0.6) is 5.88 Å². The Morgan fingerprint density at radius 3 is 2.53 bits per heavy atom. The van der Waals surface area contributed by atoms with Crippen LogP contribution in [0.1, 0.15) is 38.4 Å². The number of aromatic nitrogens is 4. The summed E-state index contributed by atoms with van der Waals surface area (Å²) in [5.74, 6) is 0.274. The molecule has 3 heterocycles. The second kappa shape index (κ2) is 10.6. The standard InChI is InChI=1S/C22H24F6N6O2/c1-4-34(20(35)32-17(22(26,27)28)5-7-21(23,24)25)13(2)15-11-14(6-8-29-15)16-12-33-10-9-30-18(33)19(31-16)36-3/h6,8-13,17H,4-5,7H2,1-3H3,(H,32,35)/t13-,17+/m1/s1. The molecule has 14 heteroatoms. The van der Waals surface area contributed by atoms with E-state index in [9.17, 15) is 31.1 Å². The summed E-state index contributed by atoms with van der Waals surface area (Å²) in [5, 5.41) is 1.70. The molecule has 1 N–H and O–H groups in total. The predicted octanol–water partition coefficient (Wildman–Crippen LogP) is 5.17. The molecule has 2 atom stereocenters. The Kier molecular flexibility index (Phi) is 7.94. The fraction of sp³-hybridized carbons (Fsp3) is 0.455. The number of ether oxygens (including phenoxy) is 1. The molecule has 0 fully saturated rings. The number of amides is 2. The van der Waals surface area contributed by atoms with Crippen LogP contribution in [-0.2, 0) is 0 Å². The Labute approximate surface area is 202 Å². The van der Waals surface area contributed by atoms with Crippen LogP contribution in [0.4, 0.5) is 31.1 Å². The van der Waals surface area contributed by atoms with E-state index in [0.29, 0.717) is 22.6 Å². The largest absolute Gasteiger partial charge is 0.478 e. The van der Waals surface area contributed by atoms with Gasteiger partial charge in [-0.2, -0.15) is 26.3 Å². The Balaban J connectivity index is 1.84. The number of urea groups is 1. The summed E-state index contributed by atoms with van der Waals surface area (Å²) >= 11 is 0. The van der Waals surface area contributed by atoms with E-state index >= 15 is 0 Å². The molecule has 0 aliphatic carbocycles. The average Bonchev–Trinajstić information content (AvgIpc) is 3.29. The van der Waals surface area contributed by atoms with Crippen molar-refractivity contribution >= 4 is 11.7 Å². The van der Waals surface area contributed by atoms with Gasteiger partial charge in [-0.1, -0.05) is 0 Å². The monoisotopic (exact) mass is 518 g/mol. The minimum atomic E-state index is -5.04. The first-order valence-electron chi connectivity index (χ1n) is 10.9. The van der Waals surface area contributed by atoms with E-state index in [2.05, 4.69) is 15.0 Å². The van der Waals surface area contributed by atoms with Crippen molar-refractivity contribution in [2.75, 3.05) is 13.7 Å². The summed E-state index contributed by atoms with van der Waals surface area (Å²) in [6.45, 7) is 3.08. The molecule has 3 aromatic rings. The smallest absolute Gasteiger partial charge is 0.408 e. The van der Waals surface area contributed by atoms with Gasteiger partial charge < -0.3 is 19.4 Å². The number of nitrogens with one attached hydrogen (secondary N) is 1. The van der Waals surface area contributed by atoms with Gasteiger partial charge >= 0.3 is 18.4 Å². The number of halogens is 6. The van der Waals surface area contributed by atoms with Crippen molar-refractivity contribution < 1.29 is 35.9 Å². The molecule has 0 aliphatic heterocycles. The average molecular weight is 518 g/mol. The number of alkyl halides is 6. The predicted molar refractivity (Wildman–Crippen MR) is 117 cm³/mol. The number of nitrogens with zero attached hydrogens (tertiary/aromatic N) is 5. The quantitative estimate of drug-likeness (QED) is 0.416. The maximum absolute atomic E-state index is 13.3. The number of carbonyl (C=O) groups excluding carboxylic acids is 1. The Hall–Kier alpha value is -3.58. The molecule has 0 aliphatic rings. The molecule has 0 bridgehead atoms. The minimum absolute atomic E-state index is 0.0180. The molecule has 0 saturated carbocycles. The van der Waals surface area contributed by atoms with Crippen LogP contribution in [-0.4, -0.2) is 62.3 Å². The Morgan fingerprint density at radius 1 is 1.19 bits per heavy atom. The van der Waals surface area contributed by atoms with E-state index in [1.165, 1.54) is 20.2 Å². The zero-order valence-electron chi connectivity index (χ0n) is 19.6. The molecule has 0 spiro atoms. The Morgan fingerprint density at radius 2 is 1.92 bits per heavy atom. The van der Waals surface area contributed by atoms with Crippen LogP contribution in [0.15, 0.2) is 36.9 Å². The van der Waals surface area contributed by atoms with Crippen LogP contribution in [0.2, 0.25) is 0 Å². The minimum Gasteiger partial charge on any atom is -0.478 e. The Bertz CT molecular complexity index is 1200. The lowest BCUT2D eigenvalue weighted by Gasteiger charge is -2.31. The third-order valence-corrected chi connectivity index (χ3v) is 5.52. The SMILES string of the molecule is CCN(C(=O)N[C@@H](CCC(F)(F)F)C(F)(F)F)[C@H](C)c1cc(-c2cn3ccnc3c(OC)n2)ccn1. The highest BCUT2D eigenvalue weighted by Crippen LogP contribution is 2.30. The lowest BCUT2D eigenvalue weighted by atomic mass is 10.1. The van der Waals surface area contributed by atoms with Crippen molar-refractivity contribution in [3.05, 3.63) is 42.6 Å². The lowest BCUT2D eigenvalue weighted by molar-refractivity contribution is -0.171. The summed E-state index contributed by atoms with van der Waals surface area (Å²) in [7, 11) is 1.45. The second-order valence-electron chi connectivity index (χ2n) is 7.92. The van der Waals surface area contributed by atoms with E-state index in [0.717, 1.165) is 4.90 Å². The number of methoxy groups -OCH3 is 1. The van der Waals surface area contributed by atoms with Crippen molar-refractivity contribution in [3.8, 4) is 17.1 Å². The second-order valence-corrected chi connectivity index (χ2v) is 7.92. The first-order valence-corrected chi connectivity index (χ1v) is 10.9. The summed E-state index contributed by atoms with van der Waals surface area (Å²) in [6, 6.07) is -1.32. The summed E-state index contributed by atoms with van der Waals surface area (Å²) in [6.07, 6.45) is -6.39. The number of fused-ring (bicyclic) bond motifs is 1. The molecule has 0 unspecified atom stereocenters. The number of carbonyl (C=O) groups is 1. The van der Waals surface area contributed by atoms with Crippen LogP contribution < -0.4 is 10.1 Å².